The van der Waals surface area contributed by atoms with Gasteiger partial charge in [0.15, 0.2) is 5.75 Å². The molecule has 2 amide bonds. The van der Waals surface area contributed by atoms with Crippen LogP contribution in [0.4, 0.5) is 19.6 Å². The van der Waals surface area contributed by atoms with E-state index in [4.69, 9.17) is 41.5 Å². The monoisotopic (exact) mass is 1130 g/mol. The smallest absolute Gasteiger partial charge is 0.319 e. The van der Waals surface area contributed by atoms with Crippen LogP contribution < -0.4 is 30.7 Å². The maximum absolute atomic E-state index is 15.4. The number of thiophene rings is 1. The van der Waals surface area contributed by atoms with Crippen LogP contribution in [0.5, 0.6) is 11.8 Å². The van der Waals surface area contributed by atoms with E-state index in [1.165, 1.54) is 17.0 Å². The van der Waals surface area contributed by atoms with Crippen molar-refractivity contribution >= 4 is 67.1 Å². The molecular formula is C60H61ClF2N12O5S. The number of rotatable bonds is 15. The van der Waals surface area contributed by atoms with Crippen LogP contribution in [-0.2, 0) is 20.9 Å². The predicted octanol–water partition coefficient (Wildman–Crippen LogP) is 10.6. The number of piperazine rings is 1. The fraction of sp³-hybridized carbons (Fsp3) is 0.367. The Balaban J connectivity index is 0.000000231. The van der Waals surface area contributed by atoms with Crippen LogP contribution in [-0.4, -0.2) is 104 Å². The third kappa shape index (κ3) is 11.3. The molecule has 5 atom stereocenters. The minimum absolute atomic E-state index is 0.112. The Hall–Kier alpha value is -7.83. The van der Waals surface area contributed by atoms with E-state index in [9.17, 15) is 19.2 Å². The summed E-state index contributed by atoms with van der Waals surface area (Å²) in [6.45, 7) is 11.9. The molecule has 4 fully saturated rings. The van der Waals surface area contributed by atoms with Crippen LogP contribution in [0.15, 0.2) is 91.3 Å². The van der Waals surface area contributed by atoms with Gasteiger partial charge in [-0.15, -0.1) is 16.4 Å². The van der Waals surface area contributed by atoms with Crippen molar-refractivity contribution in [2.45, 2.75) is 103 Å². The summed E-state index contributed by atoms with van der Waals surface area (Å²) in [6, 6.07) is 25.7. The number of pyridine rings is 1. The first-order chi connectivity index (χ1) is 39.3. The molecule has 8 aromatic rings. The number of ether oxygens (including phenoxy) is 3. The molecule has 0 aliphatic carbocycles. The number of nitrogens with one attached hydrogen (secondary N) is 2. The van der Waals surface area contributed by atoms with Crippen LogP contribution in [0.1, 0.15) is 88.6 Å². The van der Waals surface area contributed by atoms with E-state index in [0.29, 0.717) is 87.6 Å². The highest BCUT2D eigenvalue weighted by atomic mass is 35.5. The average molecular weight is 1140 g/mol. The number of likely N-dealkylation sites (tertiary alicyclic amines) is 1. The second-order valence-corrected chi connectivity index (χ2v) is 22.8. The van der Waals surface area contributed by atoms with E-state index >= 15 is 4.39 Å². The lowest BCUT2D eigenvalue weighted by atomic mass is 9.96. The number of halogens is 3. The highest BCUT2D eigenvalue weighted by molar-refractivity contribution is 7.23. The van der Waals surface area contributed by atoms with Gasteiger partial charge in [-0.25, -0.2) is 13.5 Å². The number of carbonyl (C=O) groups is 2. The van der Waals surface area contributed by atoms with Crippen LogP contribution in [0.3, 0.4) is 0 Å². The van der Waals surface area contributed by atoms with Crippen molar-refractivity contribution < 1.29 is 32.6 Å². The molecule has 17 nitrogen and oxygen atoms in total. The van der Waals surface area contributed by atoms with Gasteiger partial charge in [-0.2, -0.15) is 15.2 Å². The van der Waals surface area contributed by atoms with E-state index in [2.05, 4.69) is 57.7 Å². The molecule has 418 valence electrons. The number of fused-ring (bicyclic) bond motifs is 4. The van der Waals surface area contributed by atoms with E-state index in [1.54, 1.807) is 30.5 Å². The van der Waals surface area contributed by atoms with Gasteiger partial charge in [0.2, 0.25) is 12.3 Å². The summed E-state index contributed by atoms with van der Waals surface area (Å²) in [6.07, 6.45) is 8.12. The minimum atomic E-state index is -0.477. The number of nitrogens with zero attached hydrogens (tertiary/aromatic N) is 9. The van der Waals surface area contributed by atoms with Gasteiger partial charge >= 0.3 is 6.01 Å². The first-order valence-corrected chi connectivity index (χ1v) is 28.5. The highest BCUT2D eigenvalue weighted by Crippen LogP contribution is 2.50. The summed E-state index contributed by atoms with van der Waals surface area (Å²) < 4.78 is 50.3. The second kappa shape index (κ2) is 23.7. The molecule has 0 saturated carbocycles. The lowest BCUT2D eigenvalue weighted by Gasteiger charge is -2.30. The molecule has 0 spiro atoms. The van der Waals surface area contributed by atoms with Gasteiger partial charge in [-0.05, 0) is 80.0 Å². The van der Waals surface area contributed by atoms with Gasteiger partial charge in [-0.3, -0.25) is 14.6 Å². The Labute approximate surface area is 476 Å². The van der Waals surface area contributed by atoms with Crippen molar-refractivity contribution in [1.29, 1.82) is 5.26 Å². The topological polar surface area (TPSA) is 212 Å². The first kappa shape index (κ1) is 55.1. The Morgan fingerprint density at radius 1 is 1.02 bits per heavy atom. The average Bonchev–Trinajstić information content (AvgIpc) is 4.57. The Morgan fingerprint density at radius 2 is 1.80 bits per heavy atom. The molecule has 4 aliphatic rings. The first-order valence-electron chi connectivity index (χ1n) is 27.3. The van der Waals surface area contributed by atoms with Crippen LogP contribution in [0, 0.1) is 28.9 Å². The third-order valence-corrected chi connectivity index (χ3v) is 17.2. The van der Waals surface area contributed by atoms with Gasteiger partial charge in [0.1, 0.15) is 64.2 Å². The number of hydrogen-bond acceptors (Lipinski definition) is 15. The number of nitrogen functional groups attached to an aromatic ring is 1. The zero-order chi connectivity index (χ0) is 56.5. The van der Waals surface area contributed by atoms with Crippen molar-refractivity contribution in [3.8, 4) is 51.5 Å². The van der Waals surface area contributed by atoms with E-state index < -0.39 is 5.82 Å². The van der Waals surface area contributed by atoms with Gasteiger partial charge in [0.25, 0.3) is 0 Å². The molecule has 4 aliphatic heterocycles. The van der Waals surface area contributed by atoms with Gasteiger partial charge in [0, 0.05) is 78.2 Å². The van der Waals surface area contributed by atoms with Crippen molar-refractivity contribution in [2.75, 3.05) is 43.5 Å². The van der Waals surface area contributed by atoms with Crippen molar-refractivity contribution in [3.63, 3.8) is 0 Å². The molecule has 4 aromatic carbocycles. The Kier molecular flexibility index (Phi) is 16.1. The largest absolute Gasteiger partial charge is 0.486 e. The lowest BCUT2D eigenvalue weighted by Crippen LogP contribution is -2.44. The van der Waals surface area contributed by atoms with Gasteiger partial charge < -0.3 is 40.4 Å². The zero-order valence-corrected chi connectivity index (χ0v) is 46.8. The van der Waals surface area contributed by atoms with Crippen molar-refractivity contribution in [1.82, 2.24) is 45.5 Å². The van der Waals surface area contributed by atoms with Crippen LogP contribution in [0.2, 0.25) is 5.02 Å². The fourth-order valence-electron chi connectivity index (χ4n) is 11.1. The van der Waals surface area contributed by atoms with Crippen LogP contribution in [0.25, 0.3) is 54.6 Å². The summed E-state index contributed by atoms with van der Waals surface area (Å²) in [5, 5.41) is 27.2. The number of hydrogen-bond donors (Lipinski definition) is 3. The second-order valence-electron chi connectivity index (χ2n) is 21.4. The molecule has 4 saturated heterocycles. The Bertz CT molecular complexity index is 3660. The normalized spacial score (nSPS) is 18.7. The maximum Gasteiger partial charge on any atom is 0.319 e. The summed E-state index contributed by atoms with van der Waals surface area (Å²) in [7, 11) is 0. The summed E-state index contributed by atoms with van der Waals surface area (Å²) in [4.78, 5) is 41.3. The van der Waals surface area contributed by atoms with Crippen LogP contribution >= 0.6 is 22.9 Å². The molecule has 4 N–H and O–H groups in total. The van der Waals surface area contributed by atoms with Gasteiger partial charge in [-0.1, -0.05) is 85.3 Å². The minimum Gasteiger partial charge on any atom is -0.486 e. The summed E-state index contributed by atoms with van der Waals surface area (Å²) in [5.41, 5.74) is 12.4. The van der Waals surface area contributed by atoms with E-state index in [-0.39, 0.29) is 69.9 Å². The molecule has 0 radical (unpaired) electrons. The number of nitriles is 1. The van der Waals surface area contributed by atoms with Crippen molar-refractivity contribution in [3.05, 3.63) is 125 Å². The zero-order valence-electron chi connectivity index (χ0n) is 45.2. The number of carbonyl (C=O) groups excluding carboxylic acids is 2. The SMILES string of the molecule is CC(C)C(C)n1cc(-c2ccc(COc3c(-c4ccc(F)c5sc(N)c(C#N)c45)c(Cl)cc4c(N5CC6CC5CN6)nc(OC5CCOCC5)nc34)cc2)nn1.CC(NC(=O)C1CCCN1C=O)c1ccc(-c2ncccc2F)cc1. The highest BCUT2D eigenvalue weighted by Gasteiger charge is 2.40. The molecule has 5 unspecified atom stereocenters. The predicted molar refractivity (Wildman–Crippen MR) is 308 cm³/mol. The van der Waals surface area contributed by atoms with E-state index in [1.807, 2.05) is 60.3 Å². The third-order valence-electron chi connectivity index (χ3n) is 15.9. The van der Waals surface area contributed by atoms with Gasteiger partial charge in [0.05, 0.1) is 46.8 Å². The number of benzene rings is 4. The molecule has 2 bridgehead atoms. The fourth-order valence-corrected chi connectivity index (χ4v) is 12.3. The summed E-state index contributed by atoms with van der Waals surface area (Å²) >= 11 is 8.35. The number of nitrogens with two attached hydrogens (primary N) is 1. The maximum atomic E-state index is 15.4. The number of anilines is 2. The lowest BCUT2D eigenvalue weighted by molar-refractivity contribution is -0.131. The molecule has 12 rings (SSSR count). The molecule has 4 aromatic heterocycles. The Morgan fingerprint density at radius 3 is 2.51 bits per heavy atom. The summed E-state index contributed by atoms with van der Waals surface area (Å²) in [5.74, 6) is 0.514. The molecular weight excluding hydrogens is 1070 g/mol. The van der Waals surface area contributed by atoms with E-state index in [0.717, 1.165) is 84.7 Å². The quantitative estimate of drug-likeness (QED) is 0.0816. The molecule has 81 heavy (non-hydrogen) atoms. The number of amides is 2. The number of aromatic nitrogens is 6. The van der Waals surface area contributed by atoms with Crippen molar-refractivity contribution in [2.24, 2.45) is 5.92 Å². The molecule has 21 heteroatoms. The molecule has 8 heterocycles. The standard InChI is InChI=1S/C41H41ClFN9O3S.C19H20FN3O2/c1-21(2)22(3)52-19-33(49-50-52)24-6-4-23(5-7-24)20-54-37-35(28-8-9-32(43)38-34(28)30(16-44)39(45)56-38)31(42)15-29-36(37)47-41(55-27-10-12-53-13-11-27)48-40(29)51-18-25-14-26(51)17-46-25;1-13(22-19(25)17-5-3-11-23(17)12-24)14-6-8-15(9-7-14)18-16(20)4-2-10-21-18/h4-9,15,19,21-22,25-27,46H,10-14,17-18,20,45H2,1-3H3;2,4,6-10,12-13,17H,3,5,11H2,1H3,(H,22,25).